The van der Waals surface area contributed by atoms with Crippen LogP contribution < -0.4 is 0 Å². The van der Waals surface area contributed by atoms with Crippen molar-refractivity contribution in [3.8, 4) is 6.07 Å². The highest BCUT2D eigenvalue weighted by molar-refractivity contribution is 5.50. The van der Waals surface area contributed by atoms with E-state index >= 15 is 0 Å². The van der Waals surface area contributed by atoms with E-state index in [9.17, 15) is 4.39 Å². The van der Waals surface area contributed by atoms with Crippen LogP contribution in [0.3, 0.4) is 0 Å². The van der Waals surface area contributed by atoms with Gasteiger partial charge in [-0.2, -0.15) is 5.26 Å². The van der Waals surface area contributed by atoms with Crippen LogP contribution in [0, 0.1) is 17.2 Å². The van der Waals surface area contributed by atoms with Crippen LogP contribution in [-0.2, 0) is 6.42 Å². The van der Waals surface area contributed by atoms with Gasteiger partial charge in [-0.15, -0.1) is 0 Å². The highest BCUT2D eigenvalue weighted by atomic mass is 19.1. The summed E-state index contributed by atoms with van der Waals surface area (Å²) in [6, 6.07) is 7.72. The van der Waals surface area contributed by atoms with Gasteiger partial charge < -0.3 is 0 Å². The average molecular weight is 190 g/mol. The topological polar surface area (TPSA) is 23.8 Å². The van der Waals surface area contributed by atoms with Crippen molar-refractivity contribution in [2.45, 2.75) is 20.3 Å². The fourth-order valence-electron chi connectivity index (χ4n) is 1.45. The van der Waals surface area contributed by atoms with Gasteiger partial charge in [-0.1, -0.05) is 32.0 Å². The summed E-state index contributed by atoms with van der Waals surface area (Å²) in [6.07, 6.45) is 0.802. The Morgan fingerprint density at radius 3 is 2.71 bits per heavy atom. The Morgan fingerprint density at radius 1 is 1.50 bits per heavy atom. The summed E-state index contributed by atoms with van der Waals surface area (Å²) in [6.45, 7) is 3.21. The molecule has 2 heteroatoms. The number of nitriles is 1. The Balaban J connectivity index is 3.23. The second-order valence-corrected chi connectivity index (χ2v) is 3.22. The SMILES string of the molecule is CCc1cccc([C](C)CF)c1C#N. The van der Waals surface area contributed by atoms with Crippen LogP contribution in [0.15, 0.2) is 18.2 Å². The second-order valence-electron chi connectivity index (χ2n) is 3.22. The highest BCUT2D eigenvalue weighted by Gasteiger charge is 2.13. The molecule has 1 aromatic carbocycles. The molecule has 0 amide bonds. The first-order valence-corrected chi connectivity index (χ1v) is 4.65. The van der Waals surface area contributed by atoms with Crippen molar-refractivity contribution >= 4 is 0 Å². The van der Waals surface area contributed by atoms with Crippen molar-refractivity contribution < 1.29 is 4.39 Å². The molecule has 0 N–H and O–H groups in total. The first-order chi connectivity index (χ1) is 6.74. The van der Waals surface area contributed by atoms with Gasteiger partial charge in [0.05, 0.1) is 18.3 Å². The van der Waals surface area contributed by atoms with Gasteiger partial charge in [0.25, 0.3) is 0 Å². The van der Waals surface area contributed by atoms with E-state index in [1.54, 1.807) is 13.0 Å². The van der Waals surface area contributed by atoms with Gasteiger partial charge in [0, 0.05) is 5.92 Å². The zero-order valence-electron chi connectivity index (χ0n) is 8.47. The van der Waals surface area contributed by atoms with E-state index in [0.717, 1.165) is 17.5 Å². The molecule has 0 aliphatic rings. The molecule has 1 rings (SSSR count). The Labute approximate surface area is 84.2 Å². The Morgan fingerprint density at radius 2 is 2.21 bits per heavy atom. The lowest BCUT2D eigenvalue weighted by Crippen LogP contribution is -2.02. The fourth-order valence-corrected chi connectivity index (χ4v) is 1.45. The third kappa shape index (κ3) is 1.93. The maximum Gasteiger partial charge on any atom is 0.0998 e. The van der Waals surface area contributed by atoms with E-state index in [2.05, 4.69) is 6.07 Å². The van der Waals surface area contributed by atoms with Crippen molar-refractivity contribution in [1.82, 2.24) is 0 Å². The van der Waals surface area contributed by atoms with E-state index in [4.69, 9.17) is 5.26 Å². The lowest BCUT2D eigenvalue weighted by molar-refractivity contribution is 0.516. The van der Waals surface area contributed by atoms with Gasteiger partial charge in [0.15, 0.2) is 0 Å². The molecule has 0 aliphatic carbocycles. The molecule has 1 nitrogen and oxygen atoms in total. The maximum atomic E-state index is 12.5. The normalized spacial score (nSPS) is 10.2. The quantitative estimate of drug-likeness (QED) is 0.718. The van der Waals surface area contributed by atoms with Crippen LogP contribution in [0.2, 0.25) is 0 Å². The molecule has 0 heterocycles. The van der Waals surface area contributed by atoms with Crippen LogP contribution in [0.5, 0.6) is 0 Å². The molecule has 0 aliphatic heterocycles. The maximum absolute atomic E-state index is 12.5. The molecule has 1 aromatic rings. The van der Waals surface area contributed by atoms with E-state index in [-0.39, 0.29) is 0 Å². The monoisotopic (exact) mass is 190 g/mol. The molecule has 0 spiro atoms. The molecule has 0 atom stereocenters. The molecule has 73 valence electrons. The van der Waals surface area contributed by atoms with E-state index in [0.29, 0.717) is 11.5 Å². The minimum atomic E-state index is -0.498. The molecule has 1 radical (unpaired) electrons. The van der Waals surface area contributed by atoms with Crippen molar-refractivity contribution in [2.75, 3.05) is 6.67 Å². The molecular weight excluding hydrogens is 177 g/mol. The van der Waals surface area contributed by atoms with Gasteiger partial charge in [0.1, 0.15) is 0 Å². The zero-order valence-corrected chi connectivity index (χ0v) is 8.47. The van der Waals surface area contributed by atoms with E-state index in [1.807, 2.05) is 19.1 Å². The molecule has 0 fully saturated rings. The Bertz CT molecular complexity index is 352. The van der Waals surface area contributed by atoms with E-state index in [1.165, 1.54) is 0 Å². The fraction of sp³-hybridized carbons (Fsp3) is 0.333. The third-order valence-electron chi connectivity index (χ3n) is 2.30. The number of alkyl halides is 1. The average Bonchev–Trinajstić information content (AvgIpc) is 2.26. The van der Waals surface area contributed by atoms with Gasteiger partial charge in [-0.3, -0.25) is 4.39 Å². The molecule has 0 saturated carbocycles. The molecule has 0 aromatic heterocycles. The number of halogens is 1. The van der Waals surface area contributed by atoms with Crippen molar-refractivity contribution in [2.24, 2.45) is 0 Å². The van der Waals surface area contributed by atoms with Crippen LogP contribution in [0.25, 0.3) is 0 Å². The predicted molar refractivity (Wildman–Crippen MR) is 54.5 cm³/mol. The van der Waals surface area contributed by atoms with Gasteiger partial charge in [-0.25, -0.2) is 0 Å². The summed E-state index contributed by atoms with van der Waals surface area (Å²) in [5.41, 5.74) is 2.34. The van der Waals surface area contributed by atoms with E-state index < -0.39 is 6.67 Å². The summed E-state index contributed by atoms with van der Waals surface area (Å²) in [5.74, 6) is 0.622. The summed E-state index contributed by atoms with van der Waals surface area (Å²) in [4.78, 5) is 0. The summed E-state index contributed by atoms with van der Waals surface area (Å²) < 4.78 is 12.5. The van der Waals surface area contributed by atoms with Crippen molar-refractivity contribution in [3.63, 3.8) is 0 Å². The third-order valence-corrected chi connectivity index (χ3v) is 2.30. The number of hydrogen-bond acceptors (Lipinski definition) is 1. The first-order valence-electron chi connectivity index (χ1n) is 4.65. The zero-order chi connectivity index (χ0) is 10.6. The Kier molecular flexibility index (Phi) is 3.64. The summed E-state index contributed by atoms with van der Waals surface area (Å²) in [5, 5.41) is 8.99. The standard InChI is InChI=1S/C12H13FN/c1-3-10-5-4-6-11(9(2)7-13)12(10)8-14/h4-6H,3,7H2,1-2H3. The minimum Gasteiger partial charge on any atom is -0.250 e. The van der Waals surface area contributed by atoms with Crippen LogP contribution in [0.4, 0.5) is 4.39 Å². The molecule has 0 bridgehead atoms. The highest BCUT2D eigenvalue weighted by Crippen LogP contribution is 2.22. The summed E-state index contributed by atoms with van der Waals surface area (Å²) in [7, 11) is 0. The number of benzene rings is 1. The molecular formula is C12H13FN. The number of nitrogens with zero attached hydrogens (tertiary/aromatic N) is 1. The minimum absolute atomic E-state index is 0.498. The smallest absolute Gasteiger partial charge is 0.0998 e. The van der Waals surface area contributed by atoms with Crippen molar-refractivity contribution in [3.05, 3.63) is 40.8 Å². The molecule has 0 unspecified atom stereocenters. The number of rotatable bonds is 3. The van der Waals surface area contributed by atoms with Gasteiger partial charge in [-0.05, 0) is 17.5 Å². The van der Waals surface area contributed by atoms with Crippen LogP contribution >= 0.6 is 0 Å². The Hall–Kier alpha value is -1.36. The van der Waals surface area contributed by atoms with Crippen molar-refractivity contribution in [1.29, 1.82) is 5.26 Å². The van der Waals surface area contributed by atoms with Crippen LogP contribution in [0.1, 0.15) is 30.5 Å². The van der Waals surface area contributed by atoms with Gasteiger partial charge >= 0.3 is 0 Å². The second kappa shape index (κ2) is 4.76. The van der Waals surface area contributed by atoms with Crippen LogP contribution in [-0.4, -0.2) is 6.67 Å². The molecule has 0 saturated heterocycles. The lowest BCUT2D eigenvalue weighted by Gasteiger charge is -2.11. The largest absolute Gasteiger partial charge is 0.250 e. The lowest BCUT2D eigenvalue weighted by atomic mass is 9.93. The first kappa shape index (κ1) is 10.7. The summed E-state index contributed by atoms with van der Waals surface area (Å²) >= 11 is 0. The van der Waals surface area contributed by atoms with Gasteiger partial charge in [0.2, 0.25) is 0 Å². The predicted octanol–water partition coefficient (Wildman–Crippen LogP) is 3.03. The number of hydrogen-bond donors (Lipinski definition) is 0. The number of aryl methyl sites for hydroxylation is 1. The molecule has 14 heavy (non-hydrogen) atoms.